The molecule has 0 heterocycles. The van der Waals surface area contributed by atoms with Gasteiger partial charge in [-0.3, -0.25) is 0 Å². The topological polar surface area (TPSA) is 64.6 Å². The summed E-state index contributed by atoms with van der Waals surface area (Å²) in [5.74, 6) is 5.01. The summed E-state index contributed by atoms with van der Waals surface area (Å²) in [5, 5.41) is 0. The van der Waals surface area contributed by atoms with E-state index in [1.165, 1.54) is 33.4 Å². The number of rotatable bonds is 8. The average Bonchev–Trinajstić information content (AvgIpc) is 3.31. The van der Waals surface area contributed by atoms with Crippen molar-refractivity contribution in [2.75, 3.05) is 42.7 Å². The van der Waals surface area contributed by atoms with Gasteiger partial charge in [-0.05, 0) is 147 Å². The lowest BCUT2D eigenvalue weighted by molar-refractivity contribution is 0.0276. The summed E-state index contributed by atoms with van der Waals surface area (Å²) >= 11 is 0. The predicted molar refractivity (Wildman–Crippen MR) is 342 cm³/mol. The molecule has 0 fully saturated rings. The molecule has 7 nitrogen and oxygen atoms in total. The average molecular weight is 1120 g/mol. The minimum absolute atomic E-state index is 0.157. The maximum Gasteiger partial charge on any atom is 0.128 e. The first-order chi connectivity index (χ1) is 37.9. The van der Waals surface area contributed by atoms with Crippen molar-refractivity contribution >= 4 is 0 Å². The molecule has 6 aromatic rings. The number of methoxy groups -OCH3 is 6. The summed E-state index contributed by atoms with van der Waals surface area (Å²) in [4.78, 5) is 0. The lowest BCUT2D eigenvalue weighted by atomic mass is 9.79. The summed E-state index contributed by atoms with van der Waals surface area (Å²) in [6.07, 6.45) is 2.10. The SMILES string of the molecule is COc1c2cc(C(C)(C)C)cc1Cc1cc(C(C)(C)C)cc(c1OC)Cc1cc(C(C)(C)C)cc(c1OC)C(OC(C)C)c1cc(C(C)(C)C)cc(c1OC)Cc1cc(C(C)(C)C)cc(c1OC)Cc1cc(C(C)(C)C)cc(c1OC)C2. The Labute approximate surface area is 496 Å². The van der Waals surface area contributed by atoms with Gasteiger partial charge in [0.1, 0.15) is 40.6 Å². The molecule has 6 aromatic carbocycles. The first-order valence-corrected chi connectivity index (χ1v) is 29.8. The molecule has 0 aliphatic heterocycles. The Bertz CT molecular complexity index is 3080. The molecule has 0 atom stereocenters. The molecule has 0 saturated carbocycles. The van der Waals surface area contributed by atoms with Gasteiger partial charge in [0, 0.05) is 43.2 Å². The third-order valence-corrected chi connectivity index (χ3v) is 16.7. The van der Waals surface area contributed by atoms with Crippen LogP contribution in [-0.4, -0.2) is 48.8 Å². The fourth-order valence-electron chi connectivity index (χ4n) is 11.9. The number of fused-ring (bicyclic) bond motifs is 12. The third-order valence-electron chi connectivity index (χ3n) is 16.7. The summed E-state index contributed by atoms with van der Waals surface area (Å²) < 4.78 is 47.6. The van der Waals surface area contributed by atoms with E-state index in [0.717, 1.165) is 101 Å². The zero-order valence-corrected chi connectivity index (χ0v) is 55.5. The van der Waals surface area contributed by atoms with Crippen LogP contribution in [-0.2, 0) is 69.3 Å². The molecular weight excluding hydrogens is 1010 g/mol. The summed E-state index contributed by atoms with van der Waals surface area (Å²) in [7, 11) is 10.9. The van der Waals surface area contributed by atoms with Gasteiger partial charge in [-0.1, -0.05) is 185 Å². The molecule has 1 aliphatic rings. The zero-order chi connectivity index (χ0) is 61.0. The van der Waals surface area contributed by atoms with Crippen LogP contribution in [0.5, 0.6) is 34.5 Å². The zero-order valence-electron chi connectivity index (χ0n) is 55.5. The van der Waals surface area contributed by atoms with Crippen LogP contribution < -0.4 is 28.4 Å². The van der Waals surface area contributed by atoms with Crippen molar-refractivity contribution in [3.05, 3.63) is 173 Å². The molecule has 7 rings (SSSR count). The molecule has 444 valence electrons. The van der Waals surface area contributed by atoms with Gasteiger partial charge in [0.25, 0.3) is 0 Å². The molecule has 0 N–H and O–H groups in total. The van der Waals surface area contributed by atoms with Crippen molar-refractivity contribution in [3.63, 3.8) is 0 Å². The molecule has 0 aromatic heterocycles. The minimum atomic E-state index is -0.581. The maximum absolute atomic E-state index is 7.33. The van der Waals surface area contributed by atoms with Crippen LogP contribution in [0.3, 0.4) is 0 Å². The van der Waals surface area contributed by atoms with Crippen LogP contribution in [0.2, 0.25) is 0 Å². The second-order valence-electron chi connectivity index (χ2n) is 29.8. The number of hydrogen-bond donors (Lipinski definition) is 0. The minimum Gasteiger partial charge on any atom is -0.496 e. The van der Waals surface area contributed by atoms with E-state index >= 15 is 0 Å². The van der Waals surface area contributed by atoms with Crippen molar-refractivity contribution in [1.82, 2.24) is 0 Å². The monoisotopic (exact) mass is 1110 g/mol. The van der Waals surface area contributed by atoms with Crippen molar-refractivity contribution in [1.29, 1.82) is 0 Å². The van der Waals surface area contributed by atoms with Gasteiger partial charge >= 0.3 is 0 Å². The van der Waals surface area contributed by atoms with E-state index in [1.54, 1.807) is 14.2 Å². The molecule has 1 aliphatic carbocycles. The number of hydrogen-bond acceptors (Lipinski definition) is 7. The molecule has 0 unspecified atom stereocenters. The fraction of sp³-hybridized carbons (Fsp3) is 0.520. The standard InChI is InChI=1S/C75H102O7/c1-44(2)82-69-61-42-59(74(15,16)17)40-53(67(61)80-25)30-51-38-57(72(9,10)11)36-49(65(51)78-23)28-47-34-55(70(3,4)5)32-45(63(47)76-21)27-46-33-56(71(6,7)8)35-48(64(46)77-22)29-50-37-58(73(12,13)14)39-52(66(50)79-24)31-54-41-60(75(18,19)20)43-62(69)68(54)81-26/h32-44,69H,27-31H2,1-26H3. The number of benzene rings is 6. The van der Waals surface area contributed by atoms with E-state index in [0.29, 0.717) is 32.1 Å². The van der Waals surface area contributed by atoms with E-state index < -0.39 is 6.10 Å². The quantitative estimate of drug-likeness (QED) is 0.150. The van der Waals surface area contributed by atoms with Crippen molar-refractivity contribution < 1.29 is 33.2 Å². The van der Waals surface area contributed by atoms with E-state index in [2.05, 4.69) is 211 Å². The lowest BCUT2D eigenvalue weighted by Crippen LogP contribution is -2.20. The largest absolute Gasteiger partial charge is 0.496 e. The van der Waals surface area contributed by atoms with Crippen LogP contribution >= 0.6 is 0 Å². The second-order valence-corrected chi connectivity index (χ2v) is 29.8. The second kappa shape index (κ2) is 23.6. The molecule has 0 amide bonds. The Morgan fingerprint density at radius 3 is 0.573 bits per heavy atom. The highest BCUT2D eigenvalue weighted by Crippen LogP contribution is 2.49. The lowest BCUT2D eigenvalue weighted by Gasteiger charge is -2.31. The Kier molecular flexibility index (Phi) is 18.3. The third kappa shape index (κ3) is 13.7. The Morgan fingerprint density at radius 1 is 0.268 bits per heavy atom. The Balaban J connectivity index is 1.71. The molecule has 82 heavy (non-hydrogen) atoms. The molecule has 0 radical (unpaired) electrons. The van der Waals surface area contributed by atoms with Crippen molar-refractivity contribution in [3.8, 4) is 34.5 Å². The molecule has 7 heteroatoms. The van der Waals surface area contributed by atoms with E-state index in [4.69, 9.17) is 33.2 Å². The summed E-state index contributed by atoms with van der Waals surface area (Å²) in [6, 6.07) is 28.2. The highest BCUT2D eigenvalue weighted by molar-refractivity contribution is 5.62. The molecule has 0 spiro atoms. The normalized spacial score (nSPS) is 14.1. The van der Waals surface area contributed by atoms with E-state index in [1.807, 2.05) is 28.4 Å². The first kappa shape index (κ1) is 63.7. The van der Waals surface area contributed by atoms with Gasteiger partial charge < -0.3 is 33.2 Å². The Morgan fingerprint density at radius 2 is 0.427 bits per heavy atom. The Hall–Kier alpha value is -5.92. The van der Waals surface area contributed by atoms with Crippen molar-refractivity contribution in [2.45, 2.75) is 215 Å². The predicted octanol–water partition coefficient (Wildman–Crippen LogP) is 18.3. The van der Waals surface area contributed by atoms with Crippen molar-refractivity contribution in [2.24, 2.45) is 0 Å². The van der Waals surface area contributed by atoms with Gasteiger partial charge in [0.05, 0.1) is 48.8 Å². The van der Waals surface area contributed by atoms with Gasteiger partial charge in [0.15, 0.2) is 0 Å². The van der Waals surface area contributed by atoms with Gasteiger partial charge in [-0.15, -0.1) is 0 Å². The van der Waals surface area contributed by atoms with Crippen LogP contribution in [0.15, 0.2) is 72.8 Å². The van der Waals surface area contributed by atoms with Gasteiger partial charge in [-0.25, -0.2) is 0 Å². The van der Waals surface area contributed by atoms with Crippen LogP contribution in [0.25, 0.3) is 0 Å². The fourth-order valence-corrected chi connectivity index (χ4v) is 11.9. The highest BCUT2D eigenvalue weighted by Gasteiger charge is 2.34. The van der Waals surface area contributed by atoms with Crippen LogP contribution in [0, 0.1) is 0 Å². The number of ether oxygens (including phenoxy) is 7. The highest BCUT2D eigenvalue weighted by atomic mass is 16.5. The van der Waals surface area contributed by atoms with Gasteiger partial charge in [0.2, 0.25) is 0 Å². The van der Waals surface area contributed by atoms with Crippen LogP contribution in [0.4, 0.5) is 0 Å². The summed E-state index contributed by atoms with van der Waals surface area (Å²) in [5.41, 5.74) is 18.9. The smallest absolute Gasteiger partial charge is 0.128 e. The molecule has 0 saturated heterocycles. The maximum atomic E-state index is 7.33. The van der Waals surface area contributed by atoms with Crippen LogP contribution in [0.1, 0.15) is 245 Å². The van der Waals surface area contributed by atoms with Gasteiger partial charge in [-0.2, -0.15) is 0 Å². The first-order valence-electron chi connectivity index (χ1n) is 29.8. The molecular formula is C75H102O7. The molecule has 12 bridgehead atoms. The van der Waals surface area contributed by atoms with E-state index in [9.17, 15) is 0 Å². The van der Waals surface area contributed by atoms with E-state index in [-0.39, 0.29) is 38.6 Å². The summed E-state index contributed by atoms with van der Waals surface area (Å²) in [6.45, 7) is 45.5.